The van der Waals surface area contributed by atoms with Crippen molar-refractivity contribution < 1.29 is 52.7 Å². The molecule has 1 saturated heterocycles. The minimum Gasteiger partial charge on any atom is -0.480 e. The molecule has 0 unspecified atom stereocenters. The van der Waals surface area contributed by atoms with Gasteiger partial charge in [0.15, 0.2) is 11.6 Å². The van der Waals surface area contributed by atoms with E-state index in [1.165, 1.54) is 11.2 Å². The van der Waals surface area contributed by atoms with Crippen molar-refractivity contribution in [3.8, 4) is 11.5 Å². The Kier molecular flexibility index (Phi) is 17.5. The lowest BCUT2D eigenvalue weighted by molar-refractivity contribution is -0.161. The number of hydrogen-bond donors (Lipinski definition) is 2. The molecule has 6 rings (SSSR count). The van der Waals surface area contributed by atoms with Crippen LogP contribution in [-0.2, 0) is 35.0 Å². The number of amides is 3. The summed E-state index contributed by atoms with van der Waals surface area (Å²) in [6.07, 6.45) is 2.06. The first kappa shape index (κ1) is 54.6. The van der Waals surface area contributed by atoms with Gasteiger partial charge < -0.3 is 53.2 Å². The summed E-state index contributed by atoms with van der Waals surface area (Å²) in [5.74, 6) is -0.447. The van der Waals surface area contributed by atoms with Gasteiger partial charge in [-0.2, -0.15) is 0 Å². The summed E-state index contributed by atoms with van der Waals surface area (Å²) in [5.41, 5.74) is -0.0436. The Balaban J connectivity index is 1.25. The van der Waals surface area contributed by atoms with Gasteiger partial charge in [0.1, 0.15) is 46.8 Å². The third-order valence-corrected chi connectivity index (χ3v) is 13.8. The molecule has 2 aromatic heterocycles. The molecule has 18 nitrogen and oxygen atoms in total. The summed E-state index contributed by atoms with van der Waals surface area (Å²) in [6.45, 7) is 23.2. The number of ether oxygens (including phenoxy) is 6. The first-order valence-electron chi connectivity index (χ1n) is 24.6. The molecular weight excluding hydrogens is 927 g/mol. The van der Waals surface area contributed by atoms with Crippen LogP contribution in [0.3, 0.4) is 0 Å². The Morgan fingerprint density at radius 2 is 1.58 bits per heavy atom. The van der Waals surface area contributed by atoms with E-state index in [1.807, 2.05) is 101 Å². The minimum absolute atomic E-state index is 0.0748. The number of benzene rings is 2. The Morgan fingerprint density at radius 3 is 2.25 bits per heavy atom. The standard InChI is InChI=1S/C52H75N7O11Si/c1-50(2,3)69-47(62)55-40(46(60)61)23-26-57(24-17-25-58(49(64)65-28-29-71(10,11)12)32-35-18-16-21-38(30-35)66-37-19-14-13-15-20-37)33-36-31-41(43-42(36)67-52(7,8)68-43)59-27-22-39-44(53-34-54-45(39)59)56(9)48(63)70-51(4,5)6/h13-16,18-22,27,30,34,36,40-43H,17,23-26,28-29,31-33H2,1-12H3,(H,55,62)(H,60,61)/t36-,40+,41-,42-,43+/m1/s1. The molecule has 0 spiro atoms. The highest BCUT2D eigenvalue weighted by atomic mass is 28.3. The van der Waals surface area contributed by atoms with Crippen molar-refractivity contribution in [3.63, 3.8) is 0 Å². The SMILES string of the molecule is CN(C(=O)OC(C)(C)C)c1ncnc2c1ccn2[C@@H]1C[C@H](CN(CCCN(Cc2cccc(Oc3ccccc3)c2)C(=O)OCC[Si](C)(C)C)CC[C@H](NC(=O)OC(C)(C)C)C(=O)O)[C@H]2OC(C)(C)O[C@H]21. The smallest absolute Gasteiger partial charge is 0.415 e. The maximum absolute atomic E-state index is 13.9. The second kappa shape index (κ2) is 22.8. The van der Waals surface area contributed by atoms with E-state index in [9.17, 15) is 24.3 Å². The number of alkyl carbamates (subject to hydrolysis) is 1. The summed E-state index contributed by atoms with van der Waals surface area (Å²) in [7, 11) is 0.120. The molecule has 3 heterocycles. The van der Waals surface area contributed by atoms with E-state index in [0.29, 0.717) is 67.4 Å². The number of aliphatic carboxylic acids is 1. The molecule has 2 aliphatic rings. The molecule has 71 heavy (non-hydrogen) atoms. The number of carbonyl (C=O) groups excluding carboxylic acids is 3. The number of carboxylic acids is 1. The van der Waals surface area contributed by atoms with Gasteiger partial charge in [-0.05, 0) is 123 Å². The van der Waals surface area contributed by atoms with Crippen LogP contribution in [0.4, 0.5) is 20.2 Å². The predicted octanol–water partition coefficient (Wildman–Crippen LogP) is 9.71. The molecule has 3 amide bonds. The second-order valence-corrected chi connectivity index (χ2v) is 27.8. The van der Waals surface area contributed by atoms with Crippen LogP contribution in [0.1, 0.15) is 86.3 Å². The largest absolute Gasteiger partial charge is 0.480 e. The molecule has 4 aromatic rings. The average molecular weight is 1000 g/mol. The van der Waals surface area contributed by atoms with Crippen molar-refractivity contribution in [2.24, 2.45) is 5.92 Å². The number of rotatable bonds is 20. The highest BCUT2D eigenvalue weighted by molar-refractivity contribution is 6.76. The lowest BCUT2D eigenvalue weighted by Gasteiger charge is -2.31. The van der Waals surface area contributed by atoms with Crippen LogP contribution >= 0.6 is 0 Å². The Morgan fingerprint density at radius 1 is 0.887 bits per heavy atom. The summed E-state index contributed by atoms with van der Waals surface area (Å²) in [5, 5.41) is 13.5. The fraction of sp³-hybridized carbons (Fsp3) is 0.577. The van der Waals surface area contributed by atoms with E-state index in [2.05, 4.69) is 44.4 Å². The summed E-state index contributed by atoms with van der Waals surface area (Å²) < 4.78 is 38.5. The van der Waals surface area contributed by atoms with E-state index >= 15 is 0 Å². The van der Waals surface area contributed by atoms with Crippen LogP contribution in [0, 0.1) is 5.92 Å². The van der Waals surface area contributed by atoms with E-state index in [4.69, 9.17) is 28.4 Å². The van der Waals surface area contributed by atoms with Crippen molar-refractivity contribution in [2.45, 2.75) is 148 Å². The third-order valence-electron chi connectivity index (χ3n) is 12.1. The number of para-hydroxylation sites is 1. The normalized spacial score (nSPS) is 19.2. The summed E-state index contributed by atoms with van der Waals surface area (Å²) in [4.78, 5) is 66.9. The lowest BCUT2D eigenvalue weighted by Crippen LogP contribution is -2.46. The molecule has 0 bridgehead atoms. The minimum atomic E-state index is -1.50. The Hall–Kier alpha value is -5.76. The van der Waals surface area contributed by atoms with Crippen LogP contribution < -0.4 is 15.0 Å². The van der Waals surface area contributed by atoms with Crippen molar-refractivity contribution in [2.75, 3.05) is 44.7 Å². The van der Waals surface area contributed by atoms with Gasteiger partial charge in [-0.3, -0.25) is 4.90 Å². The van der Waals surface area contributed by atoms with Crippen LogP contribution in [-0.4, -0.2) is 137 Å². The highest BCUT2D eigenvalue weighted by Crippen LogP contribution is 2.48. The van der Waals surface area contributed by atoms with Gasteiger partial charge in [-0.25, -0.2) is 29.1 Å². The van der Waals surface area contributed by atoms with Gasteiger partial charge in [-0.1, -0.05) is 50.0 Å². The first-order valence-corrected chi connectivity index (χ1v) is 28.3. The quantitative estimate of drug-likeness (QED) is 0.0627. The molecule has 2 aromatic carbocycles. The second-order valence-electron chi connectivity index (χ2n) is 22.2. The van der Waals surface area contributed by atoms with E-state index in [-0.39, 0.29) is 43.7 Å². The average Bonchev–Trinajstić information content (AvgIpc) is 3.93. The predicted molar refractivity (Wildman–Crippen MR) is 272 cm³/mol. The fourth-order valence-corrected chi connectivity index (χ4v) is 9.58. The first-order chi connectivity index (χ1) is 33.2. The molecular formula is C52H75N7O11Si. The van der Waals surface area contributed by atoms with Crippen LogP contribution in [0.2, 0.25) is 25.7 Å². The molecule has 1 saturated carbocycles. The van der Waals surface area contributed by atoms with Crippen molar-refractivity contribution in [3.05, 3.63) is 78.8 Å². The number of carbonyl (C=O) groups is 4. The van der Waals surface area contributed by atoms with Crippen molar-refractivity contribution in [1.82, 2.24) is 29.7 Å². The summed E-state index contributed by atoms with van der Waals surface area (Å²) in [6, 6.07) is 18.4. The Bertz CT molecular complexity index is 2450. The molecule has 19 heteroatoms. The maximum Gasteiger partial charge on any atom is 0.415 e. The number of carboxylic acid groups (broad SMARTS) is 1. The topological polar surface area (TPSA) is 196 Å². The fourth-order valence-electron chi connectivity index (χ4n) is 8.87. The van der Waals surface area contributed by atoms with Gasteiger partial charge in [0.2, 0.25) is 0 Å². The molecule has 1 aliphatic carbocycles. The number of hydrogen-bond acceptors (Lipinski definition) is 13. The Labute approximate surface area is 419 Å². The molecule has 5 atom stereocenters. The van der Waals surface area contributed by atoms with Gasteiger partial charge in [0.25, 0.3) is 0 Å². The van der Waals surface area contributed by atoms with Gasteiger partial charge in [0.05, 0.1) is 24.1 Å². The monoisotopic (exact) mass is 1000 g/mol. The zero-order valence-corrected chi connectivity index (χ0v) is 44.6. The van der Waals surface area contributed by atoms with E-state index in [0.717, 1.165) is 11.6 Å². The number of aromatic nitrogens is 3. The highest BCUT2D eigenvalue weighted by Gasteiger charge is 2.55. The van der Waals surface area contributed by atoms with E-state index in [1.54, 1.807) is 32.7 Å². The van der Waals surface area contributed by atoms with Crippen LogP contribution in [0.15, 0.2) is 73.2 Å². The molecule has 2 fully saturated rings. The zero-order chi connectivity index (χ0) is 51.9. The van der Waals surface area contributed by atoms with Crippen LogP contribution in [0.5, 0.6) is 11.5 Å². The number of nitrogens with zero attached hydrogens (tertiary/aromatic N) is 6. The van der Waals surface area contributed by atoms with Crippen molar-refractivity contribution >= 4 is 49.2 Å². The van der Waals surface area contributed by atoms with Crippen molar-refractivity contribution in [1.29, 1.82) is 0 Å². The maximum atomic E-state index is 13.9. The third kappa shape index (κ3) is 15.9. The molecule has 388 valence electrons. The number of fused-ring (bicyclic) bond motifs is 2. The molecule has 1 aliphatic heterocycles. The molecule has 0 radical (unpaired) electrons. The van der Waals surface area contributed by atoms with Crippen LogP contribution in [0.25, 0.3) is 11.0 Å². The zero-order valence-electron chi connectivity index (χ0n) is 43.6. The molecule has 2 N–H and O–H groups in total. The summed E-state index contributed by atoms with van der Waals surface area (Å²) >= 11 is 0. The number of anilines is 1. The van der Waals surface area contributed by atoms with E-state index < -0.39 is 55.4 Å². The van der Waals surface area contributed by atoms with Gasteiger partial charge >= 0.3 is 24.2 Å². The van der Waals surface area contributed by atoms with Gasteiger partial charge in [0, 0.05) is 53.4 Å². The lowest BCUT2D eigenvalue weighted by atomic mass is 10.0. The van der Waals surface area contributed by atoms with Gasteiger partial charge in [-0.15, -0.1) is 0 Å². The number of nitrogens with one attached hydrogen (secondary N) is 1.